The van der Waals surface area contributed by atoms with E-state index in [-0.39, 0.29) is 23.8 Å². The van der Waals surface area contributed by atoms with Crippen molar-refractivity contribution < 1.29 is 22.7 Å². The standard InChI is InChI=1S/C18H15ClF3NO2/c19-14-7-5-13(6-8-14)17(9-10-17)16(24)23-11-12-3-1-2-4-15(12)25-18(20,21)22/h1-8H,9-11H2,(H,23,24). The van der Waals surface area contributed by atoms with Crippen molar-refractivity contribution in [2.45, 2.75) is 31.2 Å². The number of carbonyl (C=O) groups is 1. The number of halogens is 4. The molecule has 2 aromatic carbocycles. The largest absolute Gasteiger partial charge is 0.573 e. The molecule has 3 nitrogen and oxygen atoms in total. The summed E-state index contributed by atoms with van der Waals surface area (Å²) in [6.07, 6.45) is -3.39. The zero-order valence-electron chi connectivity index (χ0n) is 13.1. The minimum atomic E-state index is -4.78. The number of hydrogen-bond donors (Lipinski definition) is 1. The molecule has 0 spiro atoms. The molecule has 0 heterocycles. The maximum atomic E-state index is 12.6. The van der Waals surface area contributed by atoms with E-state index < -0.39 is 11.8 Å². The van der Waals surface area contributed by atoms with E-state index in [2.05, 4.69) is 10.1 Å². The first kappa shape index (κ1) is 17.6. The Hall–Kier alpha value is -2.21. The zero-order valence-corrected chi connectivity index (χ0v) is 13.8. The van der Waals surface area contributed by atoms with Gasteiger partial charge in [-0.15, -0.1) is 13.2 Å². The Bertz CT molecular complexity index is 771. The summed E-state index contributed by atoms with van der Waals surface area (Å²) in [6.45, 7) is -0.0412. The van der Waals surface area contributed by atoms with Gasteiger partial charge in [-0.3, -0.25) is 4.79 Å². The van der Waals surface area contributed by atoms with Crippen LogP contribution in [0.25, 0.3) is 0 Å². The van der Waals surface area contributed by atoms with Crippen LogP contribution in [0.5, 0.6) is 5.75 Å². The molecule has 132 valence electrons. The van der Waals surface area contributed by atoms with Gasteiger partial charge in [0.2, 0.25) is 5.91 Å². The first-order valence-corrected chi connectivity index (χ1v) is 8.06. The number of rotatable bonds is 5. The van der Waals surface area contributed by atoms with Gasteiger partial charge in [-0.05, 0) is 36.6 Å². The molecule has 0 bridgehead atoms. The van der Waals surface area contributed by atoms with Crippen molar-refractivity contribution >= 4 is 17.5 Å². The average molecular weight is 370 g/mol. The number of ether oxygens (including phenoxy) is 1. The van der Waals surface area contributed by atoms with Gasteiger partial charge >= 0.3 is 6.36 Å². The third kappa shape index (κ3) is 4.07. The predicted octanol–water partition coefficient (Wildman–Crippen LogP) is 4.59. The highest BCUT2D eigenvalue weighted by atomic mass is 35.5. The van der Waals surface area contributed by atoms with Crippen molar-refractivity contribution in [2.75, 3.05) is 0 Å². The monoisotopic (exact) mass is 369 g/mol. The fourth-order valence-corrected chi connectivity index (χ4v) is 2.89. The van der Waals surface area contributed by atoms with E-state index >= 15 is 0 Å². The molecule has 1 saturated carbocycles. The van der Waals surface area contributed by atoms with Crippen LogP contribution in [0.15, 0.2) is 48.5 Å². The molecular weight excluding hydrogens is 355 g/mol. The van der Waals surface area contributed by atoms with Gasteiger partial charge in [-0.1, -0.05) is 41.9 Å². The Morgan fingerprint density at radius 2 is 1.76 bits per heavy atom. The molecule has 1 amide bonds. The quantitative estimate of drug-likeness (QED) is 0.837. The van der Waals surface area contributed by atoms with E-state index in [1.54, 1.807) is 30.3 Å². The molecule has 0 atom stereocenters. The van der Waals surface area contributed by atoms with Gasteiger partial charge in [0.25, 0.3) is 0 Å². The number of carbonyl (C=O) groups excluding carboxylic acids is 1. The third-order valence-electron chi connectivity index (χ3n) is 4.22. The summed E-state index contributed by atoms with van der Waals surface area (Å²) >= 11 is 5.87. The van der Waals surface area contributed by atoms with Crippen molar-refractivity contribution in [1.82, 2.24) is 5.32 Å². The van der Waals surface area contributed by atoms with Gasteiger partial charge in [0.15, 0.2) is 0 Å². The summed E-state index contributed by atoms with van der Waals surface area (Å²) < 4.78 is 41.4. The highest BCUT2D eigenvalue weighted by Gasteiger charge is 2.51. The molecule has 1 aliphatic carbocycles. The van der Waals surface area contributed by atoms with Gasteiger partial charge in [-0.25, -0.2) is 0 Å². The highest BCUT2D eigenvalue weighted by molar-refractivity contribution is 6.30. The lowest BCUT2D eigenvalue weighted by molar-refractivity contribution is -0.274. The normalized spacial score (nSPS) is 15.5. The Morgan fingerprint density at radius 1 is 1.12 bits per heavy atom. The second kappa shape index (κ2) is 6.59. The van der Waals surface area contributed by atoms with E-state index in [0.29, 0.717) is 17.9 Å². The van der Waals surface area contributed by atoms with Crippen LogP contribution in [0.3, 0.4) is 0 Å². The molecule has 1 fully saturated rings. The summed E-state index contributed by atoms with van der Waals surface area (Å²) in [5.41, 5.74) is 0.499. The molecule has 0 aliphatic heterocycles. The SMILES string of the molecule is O=C(NCc1ccccc1OC(F)(F)F)C1(c2ccc(Cl)cc2)CC1. The van der Waals surface area contributed by atoms with Crippen LogP contribution in [0, 0.1) is 0 Å². The number of nitrogens with one attached hydrogen (secondary N) is 1. The molecule has 0 unspecified atom stereocenters. The lowest BCUT2D eigenvalue weighted by Gasteiger charge is -2.17. The third-order valence-corrected chi connectivity index (χ3v) is 4.47. The Morgan fingerprint density at radius 3 is 2.36 bits per heavy atom. The summed E-state index contributed by atoms with van der Waals surface area (Å²) in [5, 5.41) is 3.30. The zero-order chi connectivity index (χ0) is 18.1. The van der Waals surface area contributed by atoms with Crippen LogP contribution in [0.4, 0.5) is 13.2 Å². The number of benzene rings is 2. The van der Waals surface area contributed by atoms with Crippen LogP contribution in [0.1, 0.15) is 24.0 Å². The lowest BCUT2D eigenvalue weighted by Crippen LogP contribution is -2.34. The van der Waals surface area contributed by atoms with E-state index in [1.807, 2.05) is 0 Å². The second-order valence-electron chi connectivity index (χ2n) is 5.93. The molecular formula is C18H15ClF3NO2. The lowest BCUT2D eigenvalue weighted by atomic mass is 9.95. The fourth-order valence-electron chi connectivity index (χ4n) is 2.76. The summed E-state index contributed by atoms with van der Waals surface area (Å²) in [6, 6.07) is 12.8. The van der Waals surface area contributed by atoms with Gasteiger partial charge in [0.1, 0.15) is 5.75 Å². The van der Waals surface area contributed by atoms with E-state index in [4.69, 9.17) is 11.6 Å². The van der Waals surface area contributed by atoms with Crippen LogP contribution in [-0.2, 0) is 16.8 Å². The van der Waals surface area contributed by atoms with Gasteiger partial charge < -0.3 is 10.1 Å². The second-order valence-corrected chi connectivity index (χ2v) is 6.36. The molecule has 0 aromatic heterocycles. The molecule has 0 radical (unpaired) electrons. The Kier molecular flexibility index (Phi) is 4.64. The first-order valence-electron chi connectivity index (χ1n) is 7.68. The smallest absolute Gasteiger partial charge is 0.405 e. The molecule has 7 heteroatoms. The van der Waals surface area contributed by atoms with Gasteiger partial charge in [0, 0.05) is 17.1 Å². The minimum absolute atomic E-state index is 0.0412. The van der Waals surface area contributed by atoms with Crippen LogP contribution >= 0.6 is 11.6 Å². The minimum Gasteiger partial charge on any atom is -0.405 e. The molecule has 1 N–H and O–H groups in total. The highest BCUT2D eigenvalue weighted by Crippen LogP contribution is 2.48. The number of alkyl halides is 3. The van der Waals surface area contributed by atoms with E-state index in [0.717, 1.165) is 5.56 Å². The summed E-state index contributed by atoms with van der Waals surface area (Å²) in [4.78, 5) is 12.6. The molecule has 1 aliphatic rings. The van der Waals surface area contributed by atoms with Crippen LogP contribution in [-0.4, -0.2) is 12.3 Å². The van der Waals surface area contributed by atoms with Crippen molar-refractivity contribution in [3.05, 3.63) is 64.7 Å². The van der Waals surface area contributed by atoms with Gasteiger partial charge in [-0.2, -0.15) is 0 Å². The molecule has 25 heavy (non-hydrogen) atoms. The number of para-hydroxylation sites is 1. The molecule has 3 rings (SSSR count). The number of amides is 1. The molecule has 2 aromatic rings. The Labute approximate surface area is 147 Å². The average Bonchev–Trinajstić information content (AvgIpc) is 3.35. The van der Waals surface area contributed by atoms with Crippen molar-refractivity contribution in [2.24, 2.45) is 0 Å². The summed E-state index contributed by atoms with van der Waals surface area (Å²) in [7, 11) is 0. The first-order chi connectivity index (χ1) is 11.8. The van der Waals surface area contributed by atoms with Crippen LogP contribution in [0.2, 0.25) is 5.02 Å². The maximum Gasteiger partial charge on any atom is 0.573 e. The van der Waals surface area contributed by atoms with E-state index in [1.165, 1.54) is 18.2 Å². The topological polar surface area (TPSA) is 38.3 Å². The van der Waals surface area contributed by atoms with Crippen molar-refractivity contribution in [3.63, 3.8) is 0 Å². The van der Waals surface area contributed by atoms with Crippen molar-refractivity contribution in [1.29, 1.82) is 0 Å². The van der Waals surface area contributed by atoms with E-state index in [9.17, 15) is 18.0 Å². The Balaban J connectivity index is 1.70. The molecule has 0 saturated heterocycles. The number of hydrogen-bond acceptors (Lipinski definition) is 2. The van der Waals surface area contributed by atoms with Crippen LogP contribution < -0.4 is 10.1 Å². The fraction of sp³-hybridized carbons (Fsp3) is 0.278. The predicted molar refractivity (Wildman–Crippen MR) is 87.3 cm³/mol. The summed E-state index contributed by atoms with van der Waals surface area (Å²) in [5.74, 6) is -0.525. The maximum absolute atomic E-state index is 12.6. The van der Waals surface area contributed by atoms with Gasteiger partial charge in [0.05, 0.1) is 5.41 Å². The van der Waals surface area contributed by atoms with Crippen molar-refractivity contribution in [3.8, 4) is 5.75 Å².